The van der Waals surface area contributed by atoms with Gasteiger partial charge in [-0.3, -0.25) is 19.7 Å². The Morgan fingerprint density at radius 3 is 2.86 bits per heavy atom. The quantitative estimate of drug-likeness (QED) is 0.593. The highest BCUT2D eigenvalue weighted by molar-refractivity contribution is 7.10. The van der Waals surface area contributed by atoms with E-state index < -0.39 is 16.9 Å². The van der Waals surface area contributed by atoms with E-state index >= 15 is 0 Å². The van der Waals surface area contributed by atoms with Crippen LogP contribution in [0.15, 0.2) is 29.6 Å². The van der Waals surface area contributed by atoms with Crippen LogP contribution in [0.5, 0.6) is 0 Å². The van der Waals surface area contributed by atoms with E-state index in [1.54, 1.807) is 35.3 Å². The molecule has 28 heavy (non-hydrogen) atoms. The van der Waals surface area contributed by atoms with E-state index in [2.05, 4.69) is 5.32 Å². The number of amides is 2. The summed E-state index contributed by atoms with van der Waals surface area (Å²) in [7, 11) is 0. The zero-order valence-corrected chi connectivity index (χ0v) is 16.8. The fraction of sp³-hybridized carbons (Fsp3) is 0.400. The van der Waals surface area contributed by atoms with Crippen LogP contribution in [0.2, 0.25) is 0 Å². The summed E-state index contributed by atoms with van der Waals surface area (Å²) in [6, 6.07) is 5.75. The standard InChI is InChI=1S/C20H23N3O4S/c1-3-4-16(20(25)22-9-7-18-15(12-22)8-10-28-18)21-19(24)14-6-5-13(2)17(11-14)23(26)27/h5-6,8,10-11,16H,3-4,7,9,12H2,1-2H3,(H,21,24). The van der Waals surface area contributed by atoms with Gasteiger partial charge >= 0.3 is 0 Å². The lowest BCUT2D eigenvalue weighted by Crippen LogP contribution is -2.49. The lowest BCUT2D eigenvalue weighted by Gasteiger charge is -2.31. The summed E-state index contributed by atoms with van der Waals surface area (Å²) in [5.41, 5.74) is 1.74. The van der Waals surface area contributed by atoms with Gasteiger partial charge in [-0.05, 0) is 42.8 Å². The SMILES string of the molecule is CCCC(NC(=O)c1ccc(C)c([N+](=O)[O-])c1)C(=O)N1CCc2sccc2C1. The van der Waals surface area contributed by atoms with Crippen LogP contribution in [-0.4, -0.2) is 34.2 Å². The summed E-state index contributed by atoms with van der Waals surface area (Å²) < 4.78 is 0. The average molecular weight is 401 g/mol. The molecule has 0 bridgehead atoms. The minimum absolute atomic E-state index is 0.103. The first-order valence-corrected chi connectivity index (χ1v) is 10.2. The Morgan fingerprint density at radius 2 is 2.14 bits per heavy atom. The van der Waals surface area contributed by atoms with Crippen LogP contribution in [0.25, 0.3) is 0 Å². The molecule has 1 aliphatic rings. The topological polar surface area (TPSA) is 92.5 Å². The summed E-state index contributed by atoms with van der Waals surface area (Å²) in [6.07, 6.45) is 2.09. The molecular formula is C20H23N3O4S. The van der Waals surface area contributed by atoms with Gasteiger partial charge in [0, 0.05) is 35.2 Å². The number of fused-ring (bicyclic) bond motifs is 1. The van der Waals surface area contributed by atoms with Crippen molar-refractivity contribution in [3.8, 4) is 0 Å². The third-order valence-electron chi connectivity index (χ3n) is 4.97. The number of aryl methyl sites for hydroxylation is 1. The van der Waals surface area contributed by atoms with E-state index in [0.29, 0.717) is 25.1 Å². The highest BCUT2D eigenvalue weighted by Crippen LogP contribution is 2.25. The first-order chi connectivity index (χ1) is 13.4. The Labute approximate surface area is 167 Å². The number of carbonyl (C=O) groups excluding carboxylic acids is 2. The van der Waals surface area contributed by atoms with Gasteiger partial charge in [-0.2, -0.15) is 0 Å². The molecule has 1 atom stereocenters. The van der Waals surface area contributed by atoms with Gasteiger partial charge in [-0.25, -0.2) is 0 Å². The number of hydrogen-bond acceptors (Lipinski definition) is 5. The van der Waals surface area contributed by atoms with Crippen LogP contribution >= 0.6 is 11.3 Å². The van der Waals surface area contributed by atoms with Crippen LogP contribution < -0.4 is 5.32 Å². The number of rotatable bonds is 6. The number of benzene rings is 1. The van der Waals surface area contributed by atoms with Crippen molar-refractivity contribution in [3.05, 3.63) is 61.3 Å². The number of nitro groups is 1. The summed E-state index contributed by atoms with van der Waals surface area (Å²) in [5, 5.41) is 15.9. The van der Waals surface area contributed by atoms with E-state index in [9.17, 15) is 19.7 Å². The predicted octanol–water partition coefficient (Wildman–Crippen LogP) is 3.45. The van der Waals surface area contributed by atoms with E-state index in [-0.39, 0.29) is 17.2 Å². The van der Waals surface area contributed by atoms with Gasteiger partial charge < -0.3 is 10.2 Å². The molecule has 0 aliphatic carbocycles. The fourth-order valence-corrected chi connectivity index (χ4v) is 4.28. The Morgan fingerprint density at radius 1 is 1.36 bits per heavy atom. The van der Waals surface area contributed by atoms with Crippen molar-refractivity contribution in [1.29, 1.82) is 0 Å². The van der Waals surface area contributed by atoms with E-state index in [1.165, 1.54) is 16.5 Å². The molecule has 3 rings (SSSR count). The summed E-state index contributed by atoms with van der Waals surface area (Å²) >= 11 is 1.71. The lowest BCUT2D eigenvalue weighted by atomic mass is 10.0. The summed E-state index contributed by atoms with van der Waals surface area (Å²) in [6.45, 7) is 4.77. The van der Waals surface area contributed by atoms with Gasteiger partial charge in [0.15, 0.2) is 0 Å². The first-order valence-electron chi connectivity index (χ1n) is 9.30. The molecule has 0 radical (unpaired) electrons. The molecule has 0 saturated carbocycles. The molecule has 7 nitrogen and oxygen atoms in total. The molecule has 1 aliphatic heterocycles. The molecule has 2 amide bonds. The Balaban J connectivity index is 1.74. The predicted molar refractivity (Wildman–Crippen MR) is 107 cm³/mol. The molecule has 2 heterocycles. The maximum atomic E-state index is 13.0. The molecule has 0 saturated heterocycles. The largest absolute Gasteiger partial charge is 0.340 e. The minimum atomic E-state index is -0.641. The van der Waals surface area contributed by atoms with Crippen molar-refractivity contribution in [2.45, 2.75) is 45.7 Å². The highest BCUT2D eigenvalue weighted by atomic mass is 32.1. The lowest BCUT2D eigenvalue weighted by molar-refractivity contribution is -0.385. The van der Waals surface area contributed by atoms with Gasteiger partial charge in [0.1, 0.15) is 6.04 Å². The normalized spacial score (nSPS) is 14.3. The van der Waals surface area contributed by atoms with Crippen LogP contribution in [0.3, 0.4) is 0 Å². The van der Waals surface area contributed by atoms with Crippen molar-refractivity contribution in [3.63, 3.8) is 0 Å². The molecule has 1 aromatic heterocycles. The van der Waals surface area contributed by atoms with Crippen molar-refractivity contribution < 1.29 is 14.5 Å². The van der Waals surface area contributed by atoms with Gasteiger partial charge in [0.05, 0.1) is 4.92 Å². The molecule has 148 valence electrons. The van der Waals surface area contributed by atoms with Crippen molar-refractivity contribution in [2.75, 3.05) is 6.54 Å². The number of nitrogens with zero attached hydrogens (tertiary/aromatic N) is 2. The molecule has 1 N–H and O–H groups in total. The molecule has 8 heteroatoms. The second-order valence-corrected chi connectivity index (χ2v) is 7.95. The fourth-order valence-electron chi connectivity index (χ4n) is 3.39. The zero-order valence-electron chi connectivity index (χ0n) is 15.9. The number of carbonyl (C=O) groups is 2. The summed E-state index contributed by atoms with van der Waals surface area (Å²) in [5.74, 6) is -0.572. The first kappa shape index (κ1) is 20.0. The van der Waals surface area contributed by atoms with Crippen molar-refractivity contribution in [2.24, 2.45) is 0 Å². The Bertz CT molecular complexity index is 909. The maximum Gasteiger partial charge on any atom is 0.273 e. The smallest absolute Gasteiger partial charge is 0.273 e. The highest BCUT2D eigenvalue weighted by Gasteiger charge is 2.29. The van der Waals surface area contributed by atoms with Crippen molar-refractivity contribution in [1.82, 2.24) is 10.2 Å². The number of hydrogen-bond donors (Lipinski definition) is 1. The van der Waals surface area contributed by atoms with Gasteiger partial charge in [-0.15, -0.1) is 11.3 Å². The molecule has 0 spiro atoms. The third kappa shape index (κ3) is 4.22. The van der Waals surface area contributed by atoms with Crippen LogP contribution in [0.4, 0.5) is 5.69 Å². The van der Waals surface area contributed by atoms with Crippen molar-refractivity contribution >= 4 is 28.8 Å². The van der Waals surface area contributed by atoms with Gasteiger partial charge in [-0.1, -0.05) is 19.4 Å². The average Bonchev–Trinajstić information content (AvgIpc) is 3.14. The monoisotopic (exact) mass is 401 g/mol. The molecule has 1 aromatic carbocycles. The van der Waals surface area contributed by atoms with Crippen LogP contribution in [0.1, 0.15) is 46.1 Å². The molecular weight excluding hydrogens is 378 g/mol. The number of thiophene rings is 1. The summed E-state index contributed by atoms with van der Waals surface area (Å²) in [4.78, 5) is 39.4. The Hall–Kier alpha value is -2.74. The van der Waals surface area contributed by atoms with Gasteiger partial charge in [0.25, 0.3) is 11.6 Å². The molecule has 2 aromatic rings. The maximum absolute atomic E-state index is 13.0. The second-order valence-electron chi connectivity index (χ2n) is 6.95. The third-order valence-corrected chi connectivity index (χ3v) is 5.99. The molecule has 0 fully saturated rings. The van der Waals surface area contributed by atoms with E-state index in [1.807, 2.05) is 18.4 Å². The molecule has 1 unspecified atom stereocenters. The zero-order chi connectivity index (χ0) is 20.3. The number of nitrogens with one attached hydrogen (secondary N) is 1. The second kappa shape index (κ2) is 8.52. The minimum Gasteiger partial charge on any atom is -0.340 e. The van der Waals surface area contributed by atoms with Gasteiger partial charge in [0.2, 0.25) is 5.91 Å². The van der Waals surface area contributed by atoms with E-state index in [0.717, 1.165) is 12.8 Å². The number of nitro benzene ring substituents is 1. The van der Waals surface area contributed by atoms with E-state index in [4.69, 9.17) is 0 Å². The Kier molecular flexibility index (Phi) is 6.08. The van der Waals surface area contributed by atoms with Crippen LogP contribution in [0, 0.1) is 17.0 Å². The van der Waals surface area contributed by atoms with Crippen LogP contribution in [-0.2, 0) is 17.8 Å².